The average molecular weight is 354 g/mol. The van der Waals surface area contributed by atoms with Crippen LogP contribution in [0.3, 0.4) is 0 Å². The summed E-state index contributed by atoms with van der Waals surface area (Å²) in [6.45, 7) is 2.04. The van der Waals surface area contributed by atoms with Crippen LogP contribution in [0.5, 0.6) is 0 Å². The summed E-state index contributed by atoms with van der Waals surface area (Å²) < 4.78 is 0. The third kappa shape index (κ3) is 3.72. The van der Waals surface area contributed by atoms with Gasteiger partial charge in [-0.05, 0) is 25.7 Å². The molecule has 8 heteroatoms. The molecule has 24 heavy (non-hydrogen) atoms. The fraction of sp³-hybridized carbons (Fsp3) is 0.688. The van der Waals surface area contributed by atoms with E-state index in [4.69, 9.17) is 17.3 Å². The number of nitro groups is 1. The highest BCUT2D eigenvalue weighted by atomic mass is 35.5. The molecule has 1 aromatic heterocycles. The summed E-state index contributed by atoms with van der Waals surface area (Å²) >= 11 is 6.12. The van der Waals surface area contributed by atoms with Crippen molar-refractivity contribution in [2.24, 2.45) is 0 Å². The Morgan fingerprint density at radius 3 is 2.54 bits per heavy atom. The largest absolute Gasteiger partial charge is 0.378 e. The molecule has 0 aromatic carbocycles. The zero-order valence-corrected chi connectivity index (χ0v) is 14.5. The van der Waals surface area contributed by atoms with E-state index in [9.17, 15) is 10.1 Å². The number of piperidine rings is 1. The first-order valence-electron chi connectivity index (χ1n) is 8.65. The van der Waals surface area contributed by atoms with Gasteiger partial charge >= 0.3 is 5.69 Å². The Kier molecular flexibility index (Phi) is 5.40. The van der Waals surface area contributed by atoms with E-state index in [2.05, 4.69) is 15.2 Å². The van der Waals surface area contributed by atoms with Gasteiger partial charge in [0.25, 0.3) is 0 Å². The molecule has 2 aliphatic rings. The Hall–Kier alpha value is -1.60. The number of aromatic nitrogens is 1. The van der Waals surface area contributed by atoms with E-state index >= 15 is 0 Å². The molecule has 132 valence electrons. The van der Waals surface area contributed by atoms with Gasteiger partial charge in [0.15, 0.2) is 0 Å². The molecule has 1 saturated carbocycles. The second-order valence-electron chi connectivity index (χ2n) is 6.72. The summed E-state index contributed by atoms with van der Waals surface area (Å²) in [5.41, 5.74) is 5.73. The molecule has 1 aliphatic carbocycles. The van der Waals surface area contributed by atoms with Crippen LogP contribution in [0.2, 0.25) is 5.02 Å². The summed E-state index contributed by atoms with van der Waals surface area (Å²) in [5.74, 6) is -0.105. The lowest BCUT2D eigenvalue weighted by Gasteiger charge is -2.39. The standard InChI is InChI=1S/C16H24ClN5O2/c17-13-10-19-16(18)15(22(23)24)14(13)20-11-6-8-21(9-7-11)12-4-2-1-3-5-12/h10-12H,1-9H2,(H3,18,19,20). The fourth-order valence-electron chi connectivity index (χ4n) is 3.87. The molecule has 2 fully saturated rings. The number of rotatable bonds is 4. The van der Waals surface area contributed by atoms with E-state index in [1.54, 1.807) is 0 Å². The van der Waals surface area contributed by atoms with Gasteiger partial charge < -0.3 is 16.0 Å². The van der Waals surface area contributed by atoms with E-state index in [0.29, 0.717) is 11.7 Å². The zero-order valence-electron chi connectivity index (χ0n) is 13.7. The van der Waals surface area contributed by atoms with Crippen molar-refractivity contribution in [3.05, 3.63) is 21.3 Å². The van der Waals surface area contributed by atoms with Gasteiger partial charge in [-0.1, -0.05) is 30.9 Å². The number of nitrogens with one attached hydrogen (secondary N) is 1. The number of halogens is 1. The number of hydrogen-bond donors (Lipinski definition) is 2. The molecule has 1 aromatic rings. The van der Waals surface area contributed by atoms with E-state index in [1.807, 2.05) is 0 Å². The highest BCUT2D eigenvalue weighted by Crippen LogP contribution is 2.37. The topological polar surface area (TPSA) is 97.3 Å². The van der Waals surface area contributed by atoms with Gasteiger partial charge in [-0.15, -0.1) is 0 Å². The smallest absolute Gasteiger partial charge is 0.335 e. The predicted molar refractivity (Wildman–Crippen MR) is 95.4 cm³/mol. The summed E-state index contributed by atoms with van der Waals surface area (Å²) in [6.07, 6.45) is 9.90. The number of nitrogens with two attached hydrogens (primary N) is 1. The van der Waals surface area contributed by atoms with Gasteiger partial charge in [-0.2, -0.15) is 0 Å². The molecule has 0 amide bonds. The van der Waals surface area contributed by atoms with E-state index < -0.39 is 4.92 Å². The van der Waals surface area contributed by atoms with Gasteiger partial charge in [-0.3, -0.25) is 10.1 Å². The Morgan fingerprint density at radius 2 is 1.92 bits per heavy atom. The van der Waals surface area contributed by atoms with Crippen molar-refractivity contribution in [1.29, 1.82) is 0 Å². The normalized spacial score (nSPS) is 20.9. The summed E-state index contributed by atoms with van der Waals surface area (Å²) in [4.78, 5) is 17.1. The minimum absolute atomic E-state index is 0.105. The van der Waals surface area contributed by atoms with Crippen LogP contribution < -0.4 is 11.1 Å². The lowest BCUT2D eigenvalue weighted by molar-refractivity contribution is -0.383. The first-order chi connectivity index (χ1) is 11.6. The van der Waals surface area contributed by atoms with Crippen molar-refractivity contribution in [3.63, 3.8) is 0 Å². The Bertz CT molecular complexity index is 598. The van der Waals surface area contributed by atoms with Crippen LogP contribution in [-0.4, -0.2) is 40.0 Å². The van der Waals surface area contributed by atoms with E-state index in [-0.39, 0.29) is 22.6 Å². The molecule has 1 saturated heterocycles. The van der Waals surface area contributed by atoms with Crippen molar-refractivity contribution in [3.8, 4) is 0 Å². The predicted octanol–water partition coefficient (Wildman–Crippen LogP) is 3.43. The third-order valence-electron chi connectivity index (χ3n) is 5.19. The summed E-state index contributed by atoms with van der Waals surface area (Å²) in [6, 6.07) is 0.886. The van der Waals surface area contributed by atoms with Crippen molar-refractivity contribution < 1.29 is 4.92 Å². The second kappa shape index (κ2) is 7.53. The van der Waals surface area contributed by atoms with Gasteiger partial charge in [0.05, 0.1) is 16.1 Å². The third-order valence-corrected chi connectivity index (χ3v) is 5.47. The second-order valence-corrected chi connectivity index (χ2v) is 7.13. The van der Waals surface area contributed by atoms with Crippen LogP contribution in [-0.2, 0) is 0 Å². The molecule has 2 heterocycles. The van der Waals surface area contributed by atoms with Crippen LogP contribution in [0.1, 0.15) is 44.9 Å². The fourth-order valence-corrected chi connectivity index (χ4v) is 4.07. The Labute approximate surface area is 146 Å². The molecule has 0 atom stereocenters. The highest BCUT2D eigenvalue weighted by Gasteiger charge is 2.29. The molecule has 3 N–H and O–H groups in total. The maximum absolute atomic E-state index is 11.3. The lowest BCUT2D eigenvalue weighted by Crippen LogP contribution is -2.45. The van der Waals surface area contributed by atoms with Crippen LogP contribution >= 0.6 is 11.6 Å². The molecule has 1 aliphatic heterocycles. The molecule has 0 bridgehead atoms. The van der Waals surface area contributed by atoms with Gasteiger partial charge in [0.2, 0.25) is 5.82 Å². The zero-order chi connectivity index (χ0) is 17.1. The van der Waals surface area contributed by atoms with Crippen molar-refractivity contribution in [1.82, 2.24) is 9.88 Å². The van der Waals surface area contributed by atoms with Gasteiger partial charge in [0.1, 0.15) is 5.69 Å². The van der Waals surface area contributed by atoms with Gasteiger partial charge in [0, 0.05) is 25.2 Å². The first kappa shape index (κ1) is 17.2. The monoisotopic (exact) mass is 353 g/mol. The molecule has 0 unspecified atom stereocenters. The van der Waals surface area contributed by atoms with Crippen molar-refractivity contribution >= 4 is 28.8 Å². The lowest BCUT2D eigenvalue weighted by atomic mass is 9.92. The molecule has 3 rings (SSSR count). The Morgan fingerprint density at radius 1 is 1.25 bits per heavy atom. The quantitative estimate of drug-likeness (QED) is 0.635. The highest BCUT2D eigenvalue weighted by molar-refractivity contribution is 6.33. The summed E-state index contributed by atoms with van der Waals surface area (Å²) in [5, 5.41) is 14.8. The number of likely N-dealkylation sites (tertiary alicyclic amines) is 1. The molecule has 0 radical (unpaired) electrons. The molecule has 0 spiro atoms. The van der Waals surface area contributed by atoms with Crippen LogP contribution in [0.25, 0.3) is 0 Å². The number of nitrogen functional groups attached to an aromatic ring is 1. The maximum Gasteiger partial charge on any atom is 0.335 e. The van der Waals surface area contributed by atoms with E-state index in [1.165, 1.54) is 38.3 Å². The molecular weight excluding hydrogens is 330 g/mol. The average Bonchev–Trinajstić information content (AvgIpc) is 2.59. The summed E-state index contributed by atoms with van der Waals surface area (Å²) in [7, 11) is 0. The van der Waals surface area contributed by atoms with Crippen LogP contribution in [0.15, 0.2) is 6.20 Å². The number of anilines is 2. The van der Waals surface area contributed by atoms with Gasteiger partial charge in [-0.25, -0.2) is 4.98 Å². The van der Waals surface area contributed by atoms with Crippen LogP contribution in [0.4, 0.5) is 17.2 Å². The molecule has 7 nitrogen and oxygen atoms in total. The van der Waals surface area contributed by atoms with Crippen molar-refractivity contribution in [2.75, 3.05) is 24.1 Å². The minimum atomic E-state index is -0.520. The number of nitrogens with zero attached hydrogens (tertiary/aromatic N) is 3. The Balaban J connectivity index is 1.64. The maximum atomic E-state index is 11.3. The minimum Gasteiger partial charge on any atom is -0.378 e. The first-order valence-corrected chi connectivity index (χ1v) is 9.03. The number of hydrogen-bond acceptors (Lipinski definition) is 6. The SMILES string of the molecule is Nc1ncc(Cl)c(NC2CCN(C3CCCCC3)CC2)c1[N+](=O)[O-]. The molecular formula is C16H24ClN5O2. The number of pyridine rings is 1. The van der Waals surface area contributed by atoms with Crippen LogP contribution in [0, 0.1) is 10.1 Å². The van der Waals surface area contributed by atoms with E-state index in [0.717, 1.165) is 25.9 Å². The van der Waals surface area contributed by atoms with Crippen molar-refractivity contribution in [2.45, 2.75) is 57.0 Å².